The number of anilines is 1. The molecule has 1 aliphatic heterocycles. The summed E-state index contributed by atoms with van der Waals surface area (Å²) in [5.41, 5.74) is 1.11. The number of guanidine groups is 1. The van der Waals surface area contributed by atoms with Crippen LogP contribution in [0, 0.1) is 0 Å². The molecule has 2 N–H and O–H groups in total. The number of unbranched alkanes of at least 4 members (excludes halogenated alkanes) is 3. The predicted molar refractivity (Wildman–Crippen MR) is 140 cm³/mol. The Hall–Kier alpha value is -1.91. The molecule has 1 aromatic carbocycles. The number of esters is 1. The number of hydrogen-bond donors (Lipinski definition) is 2. The Morgan fingerprint density at radius 1 is 1.09 bits per heavy atom. The van der Waals surface area contributed by atoms with Crippen LogP contribution in [0.5, 0.6) is 11.5 Å². The first kappa shape index (κ1) is 28.1. The Labute approximate surface area is 209 Å². The molecule has 182 valence electrons. The van der Waals surface area contributed by atoms with Gasteiger partial charge in [-0.25, -0.2) is 0 Å². The van der Waals surface area contributed by atoms with Crippen molar-refractivity contribution < 1.29 is 19.0 Å². The second-order valence-corrected chi connectivity index (χ2v) is 7.65. The van der Waals surface area contributed by atoms with Gasteiger partial charge in [0, 0.05) is 62.5 Å². The van der Waals surface area contributed by atoms with Crippen molar-refractivity contribution in [1.82, 2.24) is 10.6 Å². The van der Waals surface area contributed by atoms with Gasteiger partial charge >= 0.3 is 5.97 Å². The zero-order chi connectivity index (χ0) is 22.5. The van der Waals surface area contributed by atoms with Crippen molar-refractivity contribution in [3.8, 4) is 11.5 Å². The molecule has 1 aromatic rings. The Morgan fingerprint density at radius 3 is 2.41 bits per heavy atom. The highest BCUT2D eigenvalue weighted by Gasteiger charge is 2.24. The van der Waals surface area contributed by atoms with Crippen molar-refractivity contribution in [3.05, 3.63) is 18.2 Å². The summed E-state index contributed by atoms with van der Waals surface area (Å²) in [7, 11) is 4.78. The number of rotatable bonds is 12. The smallest absolute Gasteiger partial charge is 0.305 e. The molecule has 2 rings (SSSR count). The van der Waals surface area contributed by atoms with E-state index in [9.17, 15) is 4.79 Å². The van der Waals surface area contributed by atoms with Gasteiger partial charge in [0.15, 0.2) is 5.96 Å². The van der Waals surface area contributed by atoms with Crippen molar-refractivity contribution >= 4 is 41.6 Å². The lowest BCUT2D eigenvalue weighted by atomic mass is 10.1. The number of ether oxygens (including phenoxy) is 3. The summed E-state index contributed by atoms with van der Waals surface area (Å²) in [6.45, 7) is 5.54. The summed E-state index contributed by atoms with van der Waals surface area (Å²) >= 11 is 0. The molecule has 1 atom stereocenters. The predicted octanol–water partition coefficient (Wildman–Crippen LogP) is 3.58. The summed E-state index contributed by atoms with van der Waals surface area (Å²) < 4.78 is 15.5. The van der Waals surface area contributed by atoms with E-state index in [-0.39, 0.29) is 29.9 Å². The lowest BCUT2D eigenvalue weighted by Crippen LogP contribution is -2.44. The van der Waals surface area contributed by atoms with E-state index in [2.05, 4.69) is 27.2 Å². The van der Waals surface area contributed by atoms with Gasteiger partial charge in [0.2, 0.25) is 0 Å². The molecular formula is C23H39IN4O4. The van der Waals surface area contributed by atoms with Crippen molar-refractivity contribution in [2.24, 2.45) is 4.99 Å². The van der Waals surface area contributed by atoms with Gasteiger partial charge in [0.25, 0.3) is 0 Å². The number of nitrogens with one attached hydrogen (secondary N) is 2. The molecule has 0 saturated carbocycles. The normalized spacial score (nSPS) is 15.7. The fraction of sp³-hybridized carbons (Fsp3) is 0.652. The average Bonchev–Trinajstić information content (AvgIpc) is 3.26. The largest absolute Gasteiger partial charge is 0.497 e. The molecule has 8 nitrogen and oxygen atoms in total. The molecule has 9 heteroatoms. The van der Waals surface area contributed by atoms with E-state index in [0.717, 1.165) is 81.4 Å². The van der Waals surface area contributed by atoms with Gasteiger partial charge < -0.3 is 29.7 Å². The van der Waals surface area contributed by atoms with Crippen LogP contribution in [0.4, 0.5) is 5.69 Å². The second-order valence-electron chi connectivity index (χ2n) is 7.65. The van der Waals surface area contributed by atoms with Crippen molar-refractivity contribution in [3.63, 3.8) is 0 Å². The van der Waals surface area contributed by atoms with Crippen LogP contribution in [0.3, 0.4) is 0 Å². The number of aliphatic imine (C=N–C) groups is 1. The van der Waals surface area contributed by atoms with Crippen LogP contribution in [0.2, 0.25) is 0 Å². The Kier molecular flexibility index (Phi) is 13.9. The number of carbonyl (C=O) groups excluding carboxylic acids is 1. The first-order valence-electron chi connectivity index (χ1n) is 11.2. The van der Waals surface area contributed by atoms with E-state index in [1.807, 2.05) is 18.2 Å². The van der Waals surface area contributed by atoms with Crippen LogP contribution < -0.4 is 25.0 Å². The lowest BCUT2D eigenvalue weighted by molar-refractivity contribution is -0.140. The highest BCUT2D eigenvalue weighted by atomic mass is 127. The van der Waals surface area contributed by atoms with Gasteiger partial charge in [0.1, 0.15) is 11.5 Å². The Balaban J connectivity index is 0.00000512. The molecular weight excluding hydrogens is 523 g/mol. The monoisotopic (exact) mass is 562 g/mol. The fourth-order valence-electron chi connectivity index (χ4n) is 3.63. The van der Waals surface area contributed by atoms with E-state index in [1.54, 1.807) is 14.2 Å². The van der Waals surface area contributed by atoms with Gasteiger partial charge in [-0.1, -0.05) is 12.8 Å². The number of nitrogens with zero attached hydrogens (tertiary/aromatic N) is 2. The molecule has 0 spiro atoms. The molecule has 0 amide bonds. The highest BCUT2D eigenvalue weighted by Crippen LogP contribution is 2.30. The van der Waals surface area contributed by atoms with Gasteiger partial charge in [0.05, 0.1) is 21.3 Å². The minimum absolute atomic E-state index is 0. The third-order valence-corrected chi connectivity index (χ3v) is 5.36. The molecule has 1 fully saturated rings. The summed E-state index contributed by atoms with van der Waals surface area (Å²) in [4.78, 5) is 18.2. The van der Waals surface area contributed by atoms with Crippen LogP contribution in [0.1, 0.15) is 45.4 Å². The number of hydrogen-bond acceptors (Lipinski definition) is 6. The van der Waals surface area contributed by atoms with Crippen molar-refractivity contribution in [2.45, 2.75) is 51.5 Å². The molecule has 1 unspecified atom stereocenters. The standard InChI is InChI=1S/C23H38N4O4.HI/c1-5-24-23(25-12-9-7-6-8-10-22(28)31-4)26-18-11-13-27(17-18)19-14-20(29-2)16-21(15-19)30-3;/h14-16,18H,5-13,17H2,1-4H3,(H2,24,25,26);1H. The summed E-state index contributed by atoms with van der Waals surface area (Å²) in [5, 5.41) is 6.92. The Morgan fingerprint density at radius 2 is 1.78 bits per heavy atom. The van der Waals surface area contributed by atoms with Crippen LogP contribution in [-0.4, -0.2) is 65.5 Å². The molecule has 0 aromatic heterocycles. The van der Waals surface area contributed by atoms with Crippen molar-refractivity contribution in [2.75, 3.05) is 52.4 Å². The van der Waals surface area contributed by atoms with E-state index < -0.39 is 0 Å². The third kappa shape index (κ3) is 9.70. The summed E-state index contributed by atoms with van der Waals surface area (Å²) in [5.74, 6) is 2.33. The highest BCUT2D eigenvalue weighted by molar-refractivity contribution is 14.0. The minimum Gasteiger partial charge on any atom is -0.497 e. The van der Waals surface area contributed by atoms with Gasteiger partial charge in [-0.15, -0.1) is 24.0 Å². The average molecular weight is 562 g/mol. The van der Waals surface area contributed by atoms with E-state index in [1.165, 1.54) is 7.11 Å². The van der Waals surface area contributed by atoms with Gasteiger partial charge in [-0.2, -0.15) is 0 Å². The molecule has 1 heterocycles. The quantitative estimate of drug-likeness (QED) is 0.133. The van der Waals surface area contributed by atoms with Crippen LogP contribution in [0.25, 0.3) is 0 Å². The first-order valence-corrected chi connectivity index (χ1v) is 11.2. The molecule has 1 aliphatic rings. The second kappa shape index (κ2) is 15.8. The number of benzene rings is 1. The maximum absolute atomic E-state index is 11.1. The van der Waals surface area contributed by atoms with Crippen LogP contribution in [0.15, 0.2) is 23.2 Å². The maximum Gasteiger partial charge on any atom is 0.305 e. The molecule has 32 heavy (non-hydrogen) atoms. The van der Waals surface area contributed by atoms with Crippen LogP contribution in [-0.2, 0) is 9.53 Å². The maximum atomic E-state index is 11.1. The third-order valence-electron chi connectivity index (χ3n) is 5.36. The molecule has 1 saturated heterocycles. The van der Waals surface area contributed by atoms with Gasteiger partial charge in [-0.05, 0) is 26.2 Å². The molecule has 0 radical (unpaired) electrons. The van der Waals surface area contributed by atoms with E-state index >= 15 is 0 Å². The van der Waals surface area contributed by atoms with E-state index in [0.29, 0.717) is 12.5 Å². The molecule has 0 bridgehead atoms. The summed E-state index contributed by atoms with van der Waals surface area (Å²) in [6.07, 6.45) is 5.52. The fourth-order valence-corrected chi connectivity index (χ4v) is 3.63. The minimum atomic E-state index is -0.130. The van der Waals surface area contributed by atoms with Crippen LogP contribution >= 0.6 is 24.0 Å². The molecule has 0 aliphatic carbocycles. The SMILES string of the molecule is CCNC(=NCCCCCCC(=O)OC)NC1CCN(c2cc(OC)cc(OC)c2)C1.I. The number of methoxy groups -OCH3 is 3. The zero-order valence-electron chi connectivity index (χ0n) is 19.8. The zero-order valence-corrected chi connectivity index (χ0v) is 22.1. The lowest BCUT2D eigenvalue weighted by Gasteiger charge is -2.21. The van der Waals surface area contributed by atoms with E-state index in [4.69, 9.17) is 14.5 Å². The number of halogens is 1. The number of carbonyl (C=O) groups is 1. The summed E-state index contributed by atoms with van der Waals surface area (Å²) in [6, 6.07) is 6.31. The van der Waals surface area contributed by atoms with Crippen molar-refractivity contribution in [1.29, 1.82) is 0 Å². The Bertz CT molecular complexity index is 695. The topological polar surface area (TPSA) is 84.4 Å². The first-order chi connectivity index (χ1) is 15.1. The van der Waals surface area contributed by atoms with Gasteiger partial charge in [-0.3, -0.25) is 9.79 Å².